The number of carboxylic acids is 6. The van der Waals surface area contributed by atoms with Crippen LogP contribution in [0.15, 0.2) is 48.5 Å². The maximum absolute atomic E-state index is 10.4. The molecule has 12 nitrogen and oxygen atoms in total. The SMILES string of the molecule is O=C(O)CCCCCCCC(=O)O.O=C(O)c1cccc(C(=O)O)c1.O=C(O)c1cccc(C(=O)O)c1. The highest BCUT2D eigenvalue weighted by molar-refractivity contribution is 5.94. The molecule has 2 rings (SSSR count). The van der Waals surface area contributed by atoms with E-state index < -0.39 is 35.8 Å². The van der Waals surface area contributed by atoms with Crippen molar-refractivity contribution in [2.45, 2.75) is 44.9 Å². The Hall–Kier alpha value is -4.74. The minimum absolute atomic E-state index is 0.0186. The van der Waals surface area contributed by atoms with Gasteiger partial charge in [-0.1, -0.05) is 31.4 Å². The Bertz CT molecular complexity index is 947. The molecular weight excluding hydrogens is 492 g/mol. The number of aliphatic carboxylic acids is 2. The molecular formula is C25H28O12. The molecule has 0 bridgehead atoms. The van der Waals surface area contributed by atoms with Crippen molar-refractivity contribution in [1.29, 1.82) is 0 Å². The van der Waals surface area contributed by atoms with E-state index >= 15 is 0 Å². The standard InChI is InChI=1S/C9H16O4.2C8H6O4/c10-8(11)6-4-2-1-3-5-7-9(12)13;2*9-7(10)5-2-1-3-6(4-5)8(11)12/h1-7H2,(H,10,11)(H,12,13);2*1-4H,(H,9,10)(H,11,12). The van der Waals surface area contributed by atoms with Crippen LogP contribution in [0.2, 0.25) is 0 Å². The van der Waals surface area contributed by atoms with Crippen LogP contribution < -0.4 is 0 Å². The van der Waals surface area contributed by atoms with Crippen LogP contribution in [0.5, 0.6) is 0 Å². The van der Waals surface area contributed by atoms with E-state index in [0.717, 1.165) is 31.4 Å². The van der Waals surface area contributed by atoms with Gasteiger partial charge in [0, 0.05) is 12.8 Å². The van der Waals surface area contributed by atoms with E-state index in [1.165, 1.54) is 36.4 Å². The second-order valence-electron chi connectivity index (χ2n) is 7.44. The number of carboxylic acid groups (broad SMARTS) is 6. The largest absolute Gasteiger partial charge is 0.481 e. The van der Waals surface area contributed by atoms with Crippen LogP contribution in [0.1, 0.15) is 86.4 Å². The first-order chi connectivity index (χ1) is 17.3. The Morgan fingerprint density at radius 2 is 0.676 bits per heavy atom. The highest BCUT2D eigenvalue weighted by atomic mass is 16.4. The van der Waals surface area contributed by atoms with Gasteiger partial charge in [-0.25, -0.2) is 19.2 Å². The van der Waals surface area contributed by atoms with Gasteiger partial charge in [-0.15, -0.1) is 0 Å². The lowest BCUT2D eigenvalue weighted by atomic mass is 10.1. The average molecular weight is 520 g/mol. The molecule has 0 saturated heterocycles. The molecule has 0 amide bonds. The number of aromatic carboxylic acids is 4. The number of hydrogen-bond acceptors (Lipinski definition) is 6. The summed E-state index contributed by atoms with van der Waals surface area (Å²) in [6.45, 7) is 0. The van der Waals surface area contributed by atoms with Gasteiger partial charge in [0.25, 0.3) is 0 Å². The van der Waals surface area contributed by atoms with Crippen LogP contribution in [0.3, 0.4) is 0 Å². The van der Waals surface area contributed by atoms with E-state index in [-0.39, 0.29) is 35.1 Å². The molecule has 12 heteroatoms. The molecule has 0 aliphatic heterocycles. The maximum Gasteiger partial charge on any atom is 0.335 e. The Labute approximate surface area is 211 Å². The van der Waals surface area contributed by atoms with Crippen LogP contribution in [0.4, 0.5) is 0 Å². The molecule has 0 aliphatic carbocycles. The normalized spacial score (nSPS) is 9.51. The summed E-state index contributed by atoms with van der Waals surface area (Å²) < 4.78 is 0. The van der Waals surface area contributed by atoms with Gasteiger partial charge in [-0.05, 0) is 49.2 Å². The van der Waals surface area contributed by atoms with Crippen molar-refractivity contribution in [2.24, 2.45) is 0 Å². The third-order valence-corrected chi connectivity index (χ3v) is 4.49. The van der Waals surface area contributed by atoms with E-state index in [2.05, 4.69) is 0 Å². The zero-order valence-electron chi connectivity index (χ0n) is 19.7. The number of unbranched alkanes of at least 4 members (excludes halogenated alkanes) is 4. The molecule has 0 spiro atoms. The third kappa shape index (κ3) is 15.7. The predicted molar refractivity (Wildman–Crippen MR) is 128 cm³/mol. The summed E-state index contributed by atoms with van der Waals surface area (Å²) in [5.74, 6) is -6.02. The van der Waals surface area contributed by atoms with Gasteiger partial charge in [0.1, 0.15) is 0 Å². The van der Waals surface area contributed by atoms with Crippen LogP contribution in [0.25, 0.3) is 0 Å². The fourth-order valence-electron chi connectivity index (χ4n) is 2.65. The van der Waals surface area contributed by atoms with E-state index in [1.54, 1.807) is 0 Å². The molecule has 0 atom stereocenters. The Kier molecular flexibility index (Phi) is 15.4. The molecule has 0 unspecified atom stereocenters. The van der Waals surface area contributed by atoms with Crippen molar-refractivity contribution in [3.05, 3.63) is 70.8 Å². The van der Waals surface area contributed by atoms with Gasteiger partial charge >= 0.3 is 35.8 Å². The van der Waals surface area contributed by atoms with E-state index in [9.17, 15) is 28.8 Å². The van der Waals surface area contributed by atoms with Crippen molar-refractivity contribution in [2.75, 3.05) is 0 Å². The second kappa shape index (κ2) is 17.7. The fourth-order valence-corrected chi connectivity index (χ4v) is 2.65. The minimum atomic E-state index is -1.13. The molecule has 0 radical (unpaired) electrons. The fraction of sp³-hybridized carbons (Fsp3) is 0.280. The van der Waals surface area contributed by atoms with Gasteiger partial charge in [0.15, 0.2) is 0 Å². The van der Waals surface area contributed by atoms with Crippen LogP contribution >= 0.6 is 0 Å². The van der Waals surface area contributed by atoms with E-state index in [0.29, 0.717) is 12.8 Å². The molecule has 0 saturated carbocycles. The molecule has 2 aromatic carbocycles. The maximum atomic E-state index is 10.4. The van der Waals surface area contributed by atoms with Gasteiger partial charge in [0.2, 0.25) is 0 Å². The monoisotopic (exact) mass is 520 g/mol. The lowest BCUT2D eigenvalue weighted by molar-refractivity contribution is -0.138. The van der Waals surface area contributed by atoms with Crippen LogP contribution in [-0.4, -0.2) is 66.5 Å². The first-order valence-corrected chi connectivity index (χ1v) is 10.9. The highest BCUT2D eigenvalue weighted by Gasteiger charge is 2.07. The highest BCUT2D eigenvalue weighted by Crippen LogP contribution is 2.07. The van der Waals surface area contributed by atoms with Gasteiger partial charge in [-0.3, -0.25) is 9.59 Å². The van der Waals surface area contributed by atoms with Crippen molar-refractivity contribution in [3.63, 3.8) is 0 Å². The summed E-state index contributed by atoms with van der Waals surface area (Å²) in [6.07, 6.45) is 4.53. The van der Waals surface area contributed by atoms with Gasteiger partial charge < -0.3 is 30.6 Å². The van der Waals surface area contributed by atoms with Crippen molar-refractivity contribution in [1.82, 2.24) is 0 Å². The molecule has 37 heavy (non-hydrogen) atoms. The zero-order chi connectivity index (χ0) is 28.4. The third-order valence-electron chi connectivity index (χ3n) is 4.49. The van der Waals surface area contributed by atoms with Gasteiger partial charge in [-0.2, -0.15) is 0 Å². The number of benzene rings is 2. The summed E-state index contributed by atoms with van der Waals surface area (Å²) >= 11 is 0. The molecule has 0 aromatic heterocycles. The summed E-state index contributed by atoms with van der Waals surface area (Å²) in [5.41, 5.74) is -0.0744. The molecule has 2 aromatic rings. The Balaban J connectivity index is 0.000000526. The summed E-state index contributed by atoms with van der Waals surface area (Å²) in [4.78, 5) is 61.7. The molecule has 200 valence electrons. The quantitative estimate of drug-likeness (QED) is 0.218. The average Bonchev–Trinajstić information content (AvgIpc) is 2.84. The lowest BCUT2D eigenvalue weighted by Crippen LogP contribution is -2.01. The zero-order valence-corrected chi connectivity index (χ0v) is 19.7. The Morgan fingerprint density at radius 1 is 0.432 bits per heavy atom. The van der Waals surface area contributed by atoms with Crippen LogP contribution in [0, 0.1) is 0 Å². The Morgan fingerprint density at radius 3 is 0.892 bits per heavy atom. The summed E-state index contributed by atoms with van der Waals surface area (Å²) in [6, 6.07) is 10.4. The molecule has 0 heterocycles. The van der Waals surface area contributed by atoms with E-state index in [1.807, 2.05) is 0 Å². The van der Waals surface area contributed by atoms with Crippen molar-refractivity contribution in [3.8, 4) is 0 Å². The lowest BCUT2D eigenvalue weighted by Gasteiger charge is -1.97. The van der Waals surface area contributed by atoms with Crippen LogP contribution in [-0.2, 0) is 9.59 Å². The predicted octanol–water partition coefficient (Wildman–Crippen LogP) is 4.05. The van der Waals surface area contributed by atoms with Crippen molar-refractivity contribution < 1.29 is 59.4 Å². The number of hydrogen-bond donors (Lipinski definition) is 6. The molecule has 0 fully saturated rings. The van der Waals surface area contributed by atoms with Gasteiger partial charge in [0.05, 0.1) is 22.3 Å². The number of rotatable bonds is 12. The molecule has 0 aliphatic rings. The summed E-state index contributed by atoms with van der Waals surface area (Å²) in [5, 5.41) is 50.6. The first-order valence-electron chi connectivity index (χ1n) is 10.9. The smallest absolute Gasteiger partial charge is 0.335 e. The minimum Gasteiger partial charge on any atom is -0.481 e. The van der Waals surface area contributed by atoms with Crippen molar-refractivity contribution >= 4 is 35.8 Å². The molecule has 6 N–H and O–H groups in total. The topological polar surface area (TPSA) is 224 Å². The first kappa shape index (κ1) is 32.3. The second-order valence-corrected chi connectivity index (χ2v) is 7.44. The van der Waals surface area contributed by atoms with E-state index in [4.69, 9.17) is 30.6 Å². The summed E-state index contributed by atoms with van der Waals surface area (Å²) in [7, 11) is 0. The number of carbonyl (C=O) groups is 6.